The van der Waals surface area contributed by atoms with Gasteiger partial charge in [0.15, 0.2) is 0 Å². The molecule has 0 aliphatic carbocycles. The van der Waals surface area contributed by atoms with Gasteiger partial charge in [-0.15, -0.1) is 0 Å². The number of nitrogen functional groups attached to an aromatic ring is 1. The molecule has 1 amide bonds. The highest BCUT2D eigenvalue weighted by Crippen LogP contribution is 2.14. The first kappa shape index (κ1) is 12.0. The molecular weight excluding hydrogens is 232 g/mol. The van der Waals surface area contributed by atoms with E-state index in [1.807, 2.05) is 19.1 Å². The molecule has 5 N–H and O–H groups in total. The summed E-state index contributed by atoms with van der Waals surface area (Å²) in [7, 11) is 0. The Labute approximate surface area is 103 Å². The lowest BCUT2D eigenvalue weighted by molar-refractivity contribution is 0.0935. The first-order valence-electron chi connectivity index (χ1n) is 5.50. The molecule has 1 heterocycles. The van der Waals surface area contributed by atoms with Crippen LogP contribution in [0.5, 0.6) is 0 Å². The molecule has 1 aromatic heterocycles. The molecule has 6 nitrogen and oxygen atoms in total. The van der Waals surface area contributed by atoms with Crippen molar-refractivity contribution in [2.45, 2.75) is 13.0 Å². The molecule has 0 fully saturated rings. The number of aromatic amines is 2. The SMILES string of the molecule is CC(NC(=O)c1c[nH]c(=O)[nH]1)c1ccc(N)cc1. The molecule has 0 saturated heterocycles. The third-order valence-electron chi connectivity index (χ3n) is 2.62. The van der Waals surface area contributed by atoms with Gasteiger partial charge in [0.05, 0.1) is 6.04 Å². The van der Waals surface area contributed by atoms with Gasteiger partial charge in [-0.2, -0.15) is 0 Å². The van der Waals surface area contributed by atoms with Crippen LogP contribution in [0, 0.1) is 0 Å². The molecule has 0 saturated carbocycles. The summed E-state index contributed by atoms with van der Waals surface area (Å²) in [6, 6.07) is 7.07. The number of hydrogen-bond donors (Lipinski definition) is 4. The second-order valence-electron chi connectivity index (χ2n) is 4.02. The molecule has 0 bridgehead atoms. The average molecular weight is 246 g/mol. The number of carbonyl (C=O) groups excluding carboxylic acids is 1. The first-order chi connectivity index (χ1) is 8.56. The number of nitrogens with two attached hydrogens (primary N) is 1. The van der Waals surface area contributed by atoms with E-state index in [9.17, 15) is 9.59 Å². The van der Waals surface area contributed by atoms with Crippen molar-refractivity contribution in [1.29, 1.82) is 0 Å². The molecule has 1 atom stereocenters. The lowest BCUT2D eigenvalue weighted by atomic mass is 10.1. The smallest absolute Gasteiger partial charge is 0.323 e. The number of hydrogen-bond acceptors (Lipinski definition) is 3. The lowest BCUT2D eigenvalue weighted by Gasteiger charge is -2.13. The highest BCUT2D eigenvalue weighted by molar-refractivity contribution is 5.92. The molecule has 0 aliphatic rings. The van der Waals surface area contributed by atoms with Gasteiger partial charge in [0.1, 0.15) is 5.69 Å². The zero-order chi connectivity index (χ0) is 13.1. The van der Waals surface area contributed by atoms with Crippen molar-refractivity contribution in [1.82, 2.24) is 15.3 Å². The Balaban J connectivity index is 2.07. The summed E-state index contributed by atoms with van der Waals surface area (Å²) in [6.45, 7) is 1.86. The van der Waals surface area contributed by atoms with Crippen molar-refractivity contribution in [2.24, 2.45) is 0 Å². The van der Waals surface area contributed by atoms with Gasteiger partial charge in [0, 0.05) is 11.9 Å². The van der Waals surface area contributed by atoms with Crippen molar-refractivity contribution in [3.05, 3.63) is 52.2 Å². The van der Waals surface area contributed by atoms with Crippen molar-refractivity contribution >= 4 is 11.6 Å². The maximum absolute atomic E-state index is 11.8. The predicted molar refractivity (Wildman–Crippen MR) is 68.1 cm³/mol. The minimum Gasteiger partial charge on any atom is -0.399 e. The third-order valence-corrected chi connectivity index (χ3v) is 2.62. The van der Waals surface area contributed by atoms with E-state index in [1.165, 1.54) is 6.20 Å². The number of imidazole rings is 1. The summed E-state index contributed by atoms with van der Waals surface area (Å²) in [5.41, 5.74) is 7.01. The van der Waals surface area contributed by atoms with Gasteiger partial charge in [-0.3, -0.25) is 4.79 Å². The highest BCUT2D eigenvalue weighted by Gasteiger charge is 2.12. The van der Waals surface area contributed by atoms with Crippen LogP contribution in [-0.2, 0) is 0 Å². The van der Waals surface area contributed by atoms with Crippen molar-refractivity contribution < 1.29 is 4.79 Å². The predicted octanol–water partition coefficient (Wildman–Crippen LogP) is 0.776. The van der Waals surface area contributed by atoms with Crippen LogP contribution in [0.2, 0.25) is 0 Å². The fourth-order valence-electron chi connectivity index (χ4n) is 1.60. The Morgan fingerprint density at radius 3 is 2.56 bits per heavy atom. The minimum atomic E-state index is -0.403. The van der Waals surface area contributed by atoms with E-state index in [2.05, 4.69) is 15.3 Å². The lowest BCUT2D eigenvalue weighted by Crippen LogP contribution is -2.27. The van der Waals surface area contributed by atoms with E-state index in [-0.39, 0.29) is 17.6 Å². The Hall–Kier alpha value is -2.50. The maximum atomic E-state index is 11.8. The summed E-state index contributed by atoms with van der Waals surface area (Å²) in [4.78, 5) is 27.4. The van der Waals surface area contributed by atoms with Gasteiger partial charge in [0.2, 0.25) is 0 Å². The normalized spacial score (nSPS) is 12.1. The zero-order valence-electron chi connectivity index (χ0n) is 9.86. The van der Waals surface area contributed by atoms with Gasteiger partial charge in [-0.25, -0.2) is 4.79 Å². The van der Waals surface area contributed by atoms with E-state index in [1.54, 1.807) is 12.1 Å². The van der Waals surface area contributed by atoms with E-state index in [0.717, 1.165) is 5.56 Å². The molecular formula is C12H14N4O2. The Kier molecular flexibility index (Phi) is 3.18. The van der Waals surface area contributed by atoms with Gasteiger partial charge in [0.25, 0.3) is 5.91 Å². The number of amides is 1. The molecule has 6 heteroatoms. The van der Waals surface area contributed by atoms with Crippen LogP contribution in [0.1, 0.15) is 29.0 Å². The second kappa shape index (κ2) is 4.79. The molecule has 0 aliphatic heterocycles. The quantitative estimate of drug-likeness (QED) is 0.601. The van der Waals surface area contributed by atoms with E-state index < -0.39 is 5.69 Å². The Morgan fingerprint density at radius 2 is 2.00 bits per heavy atom. The molecule has 1 unspecified atom stereocenters. The monoisotopic (exact) mass is 246 g/mol. The molecule has 0 spiro atoms. The zero-order valence-corrected chi connectivity index (χ0v) is 9.86. The summed E-state index contributed by atoms with van der Waals surface area (Å²) in [6.07, 6.45) is 1.34. The third kappa shape index (κ3) is 2.60. The fourth-order valence-corrected chi connectivity index (χ4v) is 1.60. The number of H-pyrrole nitrogens is 2. The van der Waals surface area contributed by atoms with E-state index >= 15 is 0 Å². The van der Waals surface area contributed by atoms with Crippen LogP contribution >= 0.6 is 0 Å². The van der Waals surface area contributed by atoms with Crippen LogP contribution in [0.25, 0.3) is 0 Å². The number of rotatable bonds is 3. The van der Waals surface area contributed by atoms with Gasteiger partial charge in [-0.1, -0.05) is 12.1 Å². The maximum Gasteiger partial charge on any atom is 0.323 e. The summed E-state index contributed by atoms with van der Waals surface area (Å²) < 4.78 is 0. The molecule has 2 rings (SSSR count). The van der Waals surface area contributed by atoms with Crippen LogP contribution in [0.4, 0.5) is 5.69 Å². The first-order valence-corrected chi connectivity index (χ1v) is 5.50. The van der Waals surface area contributed by atoms with Crippen molar-refractivity contribution in [3.8, 4) is 0 Å². The fraction of sp³-hybridized carbons (Fsp3) is 0.167. The molecule has 1 aromatic carbocycles. The van der Waals surface area contributed by atoms with Crippen molar-refractivity contribution in [3.63, 3.8) is 0 Å². The largest absolute Gasteiger partial charge is 0.399 e. The van der Waals surface area contributed by atoms with E-state index in [4.69, 9.17) is 5.73 Å². The Morgan fingerprint density at radius 1 is 1.33 bits per heavy atom. The van der Waals surface area contributed by atoms with Crippen LogP contribution < -0.4 is 16.7 Å². The topological polar surface area (TPSA) is 104 Å². The number of benzene rings is 1. The summed E-state index contributed by atoms with van der Waals surface area (Å²) in [5.74, 6) is -0.335. The molecule has 0 radical (unpaired) electrons. The number of nitrogens with one attached hydrogen (secondary N) is 3. The summed E-state index contributed by atoms with van der Waals surface area (Å²) in [5, 5.41) is 2.78. The molecule has 94 valence electrons. The van der Waals surface area contributed by atoms with Crippen LogP contribution in [-0.4, -0.2) is 15.9 Å². The highest BCUT2D eigenvalue weighted by atomic mass is 16.2. The van der Waals surface area contributed by atoms with Crippen LogP contribution in [0.3, 0.4) is 0 Å². The van der Waals surface area contributed by atoms with Gasteiger partial charge in [-0.05, 0) is 24.6 Å². The minimum absolute atomic E-state index is 0.170. The summed E-state index contributed by atoms with van der Waals surface area (Å²) >= 11 is 0. The van der Waals surface area contributed by atoms with E-state index in [0.29, 0.717) is 5.69 Å². The Bertz CT molecular complexity index is 597. The number of carbonyl (C=O) groups is 1. The molecule has 18 heavy (non-hydrogen) atoms. The second-order valence-corrected chi connectivity index (χ2v) is 4.02. The number of aromatic nitrogens is 2. The number of anilines is 1. The van der Waals surface area contributed by atoms with Gasteiger partial charge < -0.3 is 21.0 Å². The molecule has 2 aromatic rings. The van der Waals surface area contributed by atoms with Crippen molar-refractivity contribution in [2.75, 3.05) is 5.73 Å². The standard InChI is InChI=1S/C12H14N4O2/c1-7(8-2-4-9(13)5-3-8)15-11(17)10-6-14-12(18)16-10/h2-7H,13H2,1H3,(H,15,17)(H2,14,16,18). The van der Waals surface area contributed by atoms with Gasteiger partial charge >= 0.3 is 5.69 Å². The van der Waals surface area contributed by atoms with Crippen LogP contribution in [0.15, 0.2) is 35.3 Å². The average Bonchev–Trinajstić information content (AvgIpc) is 2.76.